The van der Waals surface area contributed by atoms with Crippen LogP contribution in [0.2, 0.25) is 10.0 Å². The van der Waals surface area contributed by atoms with Crippen molar-refractivity contribution in [1.29, 1.82) is 5.26 Å². The molecule has 3 rings (SSSR count). The van der Waals surface area contributed by atoms with Crippen molar-refractivity contribution >= 4 is 46.6 Å². The summed E-state index contributed by atoms with van der Waals surface area (Å²) in [6, 6.07) is 16.5. The van der Waals surface area contributed by atoms with E-state index in [2.05, 4.69) is 23.6 Å². The standard InChI is InChI=1S/C23H21Cl2N3OS/c1-3-12-30-23-18(13-26)21(17-6-4-5-7-19(17)25)20(14(2)27-23)22(29)28-16-10-8-15(24)9-11-16/h4-11,21,27H,3,12H2,1-2H3,(H,28,29). The van der Waals surface area contributed by atoms with Gasteiger partial charge in [-0.3, -0.25) is 4.79 Å². The summed E-state index contributed by atoms with van der Waals surface area (Å²) in [5.41, 5.74) is 3.01. The zero-order chi connectivity index (χ0) is 21.7. The zero-order valence-electron chi connectivity index (χ0n) is 16.6. The van der Waals surface area contributed by atoms with Gasteiger partial charge in [0.2, 0.25) is 0 Å². The van der Waals surface area contributed by atoms with Gasteiger partial charge in [-0.1, -0.05) is 48.3 Å². The molecule has 2 aromatic carbocycles. The van der Waals surface area contributed by atoms with Gasteiger partial charge in [-0.05, 0) is 55.0 Å². The maximum absolute atomic E-state index is 13.3. The Balaban J connectivity index is 2.07. The molecule has 0 spiro atoms. The fourth-order valence-corrected chi connectivity index (χ4v) is 4.61. The molecule has 0 aliphatic carbocycles. The number of nitrogens with one attached hydrogen (secondary N) is 2. The fourth-order valence-electron chi connectivity index (χ4n) is 3.28. The second kappa shape index (κ2) is 10.1. The Bertz CT molecular complexity index is 1050. The van der Waals surface area contributed by atoms with Crippen molar-refractivity contribution in [2.45, 2.75) is 26.2 Å². The first-order chi connectivity index (χ1) is 14.5. The van der Waals surface area contributed by atoms with Crippen molar-refractivity contribution in [3.05, 3.63) is 86.0 Å². The average molecular weight is 458 g/mol. The van der Waals surface area contributed by atoms with Gasteiger partial charge in [0, 0.05) is 27.0 Å². The van der Waals surface area contributed by atoms with Gasteiger partial charge in [0.25, 0.3) is 5.91 Å². The predicted molar refractivity (Wildman–Crippen MR) is 125 cm³/mol. The van der Waals surface area contributed by atoms with Gasteiger partial charge in [0.1, 0.15) is 0 Å². The van der Waals surface area contributed by atoms with E-state index in [0.29, 0.717) is 32.6 Å². The van der Waals surface area contributed by atoms with Crippen LogP contribution >= 0.6 is 35.0 Å². The summed E-state index contributed by atoms with van der Waals surface area (Å²) in [5.74, 6) is 0.0126. The van der Waals surface area contributed by atoms with Gasteiger partial charge in [0.05, 0.1) is 22.6 Å². The summed E-state index contributed by atoms with van der Waals surface area (Å²) in [6.45, 7) is 3.93. The first-order valence-corrected chi connectivity index (χ1v) is 11.3. The number of rotatable bonds is 6. The minimum absolute atomic E-state index is 0.292. The number of carbonyl (C=O) groups excluding carboxylic acids is 1. The predicted octanol–water partition coefficient (Wildman–Crippen LogP) is 6.47. The minimum atomic E-state index is -0.559. The number of allylic oxidation sites excluding steroid dienone is 2. The average Bonchev–Trinajstić information content (AvgIpc) is 2.73. The number of nitrogens with zero attached hydrogens (tertiary/aromatic N) is 1. The van der Waals surface area contributed by atoms with Crippen molar-refractivity contribution in [3.8, 4) is 6.07 Å². The first-order valence-electron chi connectivity index (χ1n) is 9.52. The maximum atomic E-state index is 13.3. The highest BCUT2D eigenvalue weighted by Crippen LogP contribution is 2.43. The van der Waals surface area contributed by atoms with E-state index in [4.69, 9.17) is 23.2 Å². The molecule has 1 aliphatic rings. The molecule has 7 heteroatoms. The van der Waals surface area contributed by atoms with Gasteiger partial charge < -0.3 is 10.6 Å². The quantitative estimate of drug-likeness (QED) is 0.521. The number of hydrogen-bond acceptors (Lipinski definition) is 4. The first kappa shape index (κ1) is 22.3. The van der Waals surface area contributed by atoms with Crippen LogP contribution in [0, 0.1) is 11.3 Å². The lowest BCUT2D eigenvalue weighted by Crippen LogP contribution is -2.30. The van der Waals surface area contributed by atoms with Crippen LogP contribution in [0.1, 0.15) is 31.7 Å². The van der Waals surface area contributed by atoms with Crippen molar-refractivity contribution in [3.63, 3.8) is 0 Å². The number of hydrogen-bond donors (Lipinski definition) is 2. The Kier molecular flexibility index (Phi) is 7.49. The molecular weight excluding hydrogens is 437 g/mol. The Morgan fingerprint density at radius 2 is 1.90 bits per heavy atom. The van der Waals surface area contributed by atoms with Crippen LogP contribution in [-0.4, -0.2) is 11.7 Å². The SMILES string of the molecule is CCCSC1=C(C#N)C(c2ccccc2Cl)C(C(=O)Nc2ccc(Cl)cc2)=C(C)N1. The van der Waals surface area contributed by atoms with Crippen LogP contribution in [-0.2, 0) is 4.79 Å². The number of thioether (sulfide) groups is 1. The summed E-state index contributed by atoms with van der Waals surface area (Å²) in [6.07, 6.45) is 0.970. The van der Waals surface area contributed by atoms with E-state index in [1.165, 1.54) is 0 Å². The molecule has 1 amide bonds. The number of anilines is 1. The lowest BCUT2D eigenvalue weighted by molar-refractivity contribution is -0.113. The Morgan fingerprint density at radius 1 is 1.20 bits per heavy atom. The van der Waals surface area contributed by atoms with Crippen molar-refractivity contribution in [2.24, 2.45) is 0 Å². The number of halogens is 2. The monoisotopic (exact) mass is 457 g/mol. The molecule has 1 unspecified atom stereocenters. The Labute approximate surface area is 191 Å². The molecule has 1 atom stereocenters. The molecule has 0 bridgehead atoms. The second-order valence-corrected chi connectivity index (χ2v) is 8.73. The molecule has 1 heterocycles. The molecule has 0 saturated carbocycles. The van der Waals surface area contributed by atoms with Gasteiger partial charge >= 0.3 is 0 Å². The smallest absolute Gasteiger partial charge is 0.254 e. The van der Waals surface area contributed by atoms with Gasteiger partial charge in [0.15, 0.2) is 0 Å². The molecule has 2 aromatic rings. The van der Waals surface area contributed by atoms with Gasteiger partial charge in [-0.15, -0.1) is 11.8 Å². The third kappa shape index (κ3) is 4.84. The van der Waals surface area contributed by atoms with E-state index in [9.17, 15) is 10.1 Å². The highest BCUT2D eigenvalue weighted by molar-refractivity contribution is 8.03. The third-order valence-electron chi connectivity index (χ3n) is 4.66. The number of carbonyl (C=O) groups is 1. The van der Waals surface area contributed by atoms with Crippen LogP contribution in [0.25, 0.3) is 0 Å². The van der Waals surface area contributed by atoms with Gasteiger partial charge in [-0.25, -0.2) is 0 Å². The summed E-state index contributed by atoms with van der Waals surface area (Å²) in [4.78, 5) is 13.3. The van der Waals surface area contributed by atoms with Crippen LogP contribution in [0.5, 0.6) is 0 Å². The van der Waals surface area contributed by atoms with Crippen LogP contribution < -0.4 is 10.6 Å². The lowest BCUT2D eigenvalue weighted by Gasteiger charge is -2.30. The molecular formula is C23H21Cl2N3OS. The van der Waals surface area contributed by atoms with Crippen LogP contribution in [0.3, 0.4) is 0 Å². The zero-order valence-corrected chi connectivity index (χ0v) is 19.0. The molecule has 30 heavy (non-hydrogen) atoms. The lowest BCUT2D eigenvalue weighted by atomic mass is 9.82. The molecule has 0 aromatic heterocycles. The van der Waals surface area contributed by atoms with E-state index < -0.39 is 5.92 Å². The molecule has 0 fully saturated rings. The minimum Gasteiger partial charge on any atom is -0.353 e. The van der Waals surface area contributed by atoms with Crippen molar-refractivity contribution < 1.29 is 4.79 Å². The number of nitriles is 1. The highest BCUT2D eigenvalue weighted by atomic mass is 35.5. The number of amides is 1. The molecule has 0 saturated heterocycles. The van der Waals surface area contributed by atoms with E-state index in [1.54, 1.807) is 42.1 Å². The molecule has 154 valence electrons. The number of benzene rings is 2. The number of dihydropyridines is 1. The van der Waals surface area contributed by atoms with Crippen LogP contribution in [0.15, 0.2) is 70.4 Å². The van der Waals surface area contributed by atoms with Crippen molar-refractivity contribution in [2.75, 3.05) is 11.1 Å². The normalized spacial score (nSPS) is 16.2. The molecule has 1 aliphatic heterocycles. The third-order valence-corrected chi connectivity index (χ3v) is 6.48. The van der Waals surface area contributed by atoms with E-state index in [1.807, 2.05) is 25.1 Å². The summed E-state index contributed by atoms with van der Waals surface area (Å²) in [5, 5.41) is 18.1. The van der Waals surface area contributed by atoms with E-state index >= 15 is 0 Å². The van der Waals surface area contributed by atoms with E-state index in [-0.39, 0.29) is 5.91 Å². The molecule has 4 nitrogen and oxygen atoms in total. The topological polar surface area (TPSA) is 64.9 Å². The Hall–Kier alpha value is -2.39. The van der Waals surface area contributed by atoms with Gasteiger partial charge in [-0.2, -0.15) is 5.26 Å². The Morgan fingerprint density at radius 3 is 2.53 bits per heavy atom. The largest absolute Gasteiger partial charge is 0.353 e. The fraction of sp³-hybridized carbons (Fsp3) is 0.217. The summed E-state index contributed by atoms with van der Waals surface area (Å²) >= 11 is 14.0. The summed E-state index contributed by atoms with van der Waals surface area (Å²) in [7, 11) is 0. The second-order valence-electron chi connectivity index (χ2n) is 6.78. The molecule has 2 N–H and O–H groups in total. The van der Waals surface area contributed by atoms with E-state index in [0.717, 1.165) is 22.8 Å². The highest BCUT2D eigenvalue weighted by Gasteiger charge is 2.35. The van der Waals surface area contributed by atoms with Crippen molar-refractivity contribution in [1.82, 2.24) is 5.32 Å². The summed E-state index contributed by atoms with van der Waals surface area (Å²) < 4.78 is 0. The van der Waals surface area contributed by atoms with Crippen LogP contribution in [0.4, 0.5) is 5.69 Å². The maximum Gasteiger partial charge on any atom is 0.254 e. The molecule has 0 radical (unpaired) electrons.